The molecule has 0 saturated heterocycles. The maximum atomic E-state index is 12.8. The van der Waals surface area contributed by atoms with Gasteiger partial charge in [0.05, 0.1) is 12.7 Å². The van der Waals surface area contributed by atoms with Gasteiger partial charge in [-0.05, 0) is 57.0 Å². The van der Waals surface area contributed by atoms with Gasteiger partial charge in [0.15, 0.2) is 0 Å². The molecule has 0 amide bonds. The number of carbonyl (C=O) groups excluding carboxylic acids is 1. The summed E-state index contributed by atoms with van der Waals surface area (Å²) in [5, 5.41) is 3.39. The number of methoxy groups -OCH3 is 1. The van der Waals surface area contributed by atoms with Crippen molar-refractivity contribution in [3.63, 3.8) is 0 Å². The fourth-order valence-corrected chi connectivity index (χ4v) is 4.36. The molecule has 1 aromatic carbocycles. The molecule has 3 rings (SSSR count). The van der Waals surface area contributed by atoms with Crippen molar-refractivity contribution in [3.05, 3.63) is 50.7 Å². The van der Waals surface area contributed by atoms with Gasteiger partial charge in [-0.15, -0.1) is 11.3 Å². The Hall–Kier alpha value is -1.85. The summed E-state index contributed by atoms with van der Waals surface area (Å²) in [7, 11) is 1.66. The van der Waals surface area contributed by atoms with E-state index in [-0.39, 0.29) is 5.97 Å². The quantitative estimate of drug-likeness (QED) is 0.840. The van der Waals surface area contributed by atoms with Crippen molar-refractivity contribution < 1.29 is 14.3 Å². The Kier molecular flexibility index (Phi) is 5.16. The monoisotopic (exact) mass is 359 g/mol. The van der Waals surface area contributed by atoms with Gasteiger partial charge >= 0.3 is 5.97 Å². The number of thiophene rings is 1. The molecular formula is C20H25NO3S. The van der Waals surface area contributed by atoms with Gasteiger partial charge < -0.3 is 14.8 Å². The molecule has 0 fully saturated rings. The van der Waals surface area contributed by atoms with Crippen LogP contribution in [-0.4, -0.2) is 25.2 Å². The number of benzene rings is 1. The van der Waals surface area contributed by atoms with E-state index >= 15 is 0 Å². The lowest BCUT2D eigenvalue weighted by atomic mass is 9.99. The fraction of sp³-hybridized carbons (Fsp3) is 0.450. The maximum Gasteiger partial charge on any atom is 0.340 e. The van der Waals surface area contributed by atoms with Crippen LogP contribution < -0.4 is 10.1 Å². The van der Waals surface area contributed by atoms with E-state index < -0.39 is 5.60 Å². The number of fused-ring (bicyclic) bond motifs is 1. The number of nitrogens with one attached hydrogen (secondary N) is 1. The normalized spacial score (nSPS) is 14.1. The molecule has 0 aliphatic carbocycles. The molecule has 1 aromatic heterocycles. The molecule has 1 N–H and O–H groups in total. The summed E-state index contributed by atoms with van der Waals surface area (Å²) in [6, 6.07) is 8.01. The minimum absolute atomic E-state index is 0.199. The molecule has 25 heavy (non-hydrogen) atoms. The van der Waals surface area contributed by atoms with E-state index in [9.17, 15) is 4.79 Å². The first-order valence-electron chi connectivity index (χ1n) is 8.58. The van der Waals surface area contributed by atoms with E-state index in [0.29, 0.717) is 0 Å². The van der Waals surface area contributed by atoms with E-state index in [1.165, 1.54) is 10.4 Å². The van der Waals surface area contributed by atoms with Gasteiger partial charge in [-0.25, -0.2) is 4.79 Å². The van der Waals surface area contributed by atoms with Crippen LogP contribution in [0, 0.1) is 0 Å². The second-order valence-corrected chi connectivity index (χ2v) is 8.45. The van der Waals surface area contributed by atoms with Crippen molar-refractivity contribution in [2.24, 2.45) is 0 Å². The second-order valence-electron chi connectivity index (χ2n) is 7.26. The molecule has 0 radical (unpaired) electrons. The van der Waals surface area contributed by atoms with Crippen molar-refractivity contribution in [3.8, 4) is 5.75 Å². The van der Waals surface area contributed by atoms with E-state index in [1.54, 1.807) is 18.4 Å². The maximum absolute atomic E-state index is 12.8. The van der Waals surface area contributed by atoms with Crippen LogP contribution in [0.15, 0.2) is 24.3 Å². The van der Waals surface area contributed by atoms with Crippen LogP contribution in [-0.2, 0) is 24.1 Å². The first-order chi connectivity index (χ1) is 11.9. The van der Waals surface area contributed by atoms with Crippen LogP contribution in [0.4, 0.5) is 0 Å². The second kappa shape index (κ2) is 7.18. The topological polar surface area (TPSA) is 47.6 Å². The number of carbonyl (C=O) groups is 1. The highest BCUT2D eigenvalue weighted by Gasteiger charge is 2.28. The van der Waals surface area contributed by atoms with E-state index in [2.05, 4.69) is 17.4 Å². The Bertz CT molecular complexity index is 756. The molecule has 134 valence electrons. The minimum Gasteiger partial charge on any atom is -0.497 e. The van der Waals surface area contributed by atoms with Crippen molar-refractivity contribution in [1.29, 1.82) is 0 Å². The van der Waals surface area contributed by atoms with E-state index in [0.717, 1.165) is 47.7 Å². The van der Waals surface area contributed by atoms with Gasteiger partial charge in [-0.1, -0.05) is 12.1 Å². The zero-order valence-corrected chi connectivity index (χ0v) is 16.1. The highest BCUT2D eigenvalue weighted by molar-refractivity contribution is 7.12. The summed E-state index contributed by atoms with van der Waals surface area (Å²) in [6.45, 7) is 7.47. The molecular weight excluding hydrogens is 334 g/mol. The van der Waals surface area contributed by atoms with E-state index in [4.69, 9.17) is 9.47 Å². The molecule has 4 nitrogen and oxygen atoms in total. The van der Waals surface area contributed by atoms with Crippen LogP contribution >= 0.6 is 11.3 Å². The largest absolute Gasteiger partial charge is 0.497 e. The molecule has 1 aliphatic rings. The molecule has 2 aromatic rings. The standard InChI is InChI=1S/C20H25NO3S/c1-20(2,3)24-19(22)18-15-9-10-21-12-17(15)25-16(18)11-13-5-7-14(23-4)8-6-13/h5-8,21H,9-12H2,1-4H3. The van der Waals surface area contributed by atoms with Crippen LogP contribution in [0.2, 0.25) is 0 Å². The van der Waals surface area contributed by atoms with Gasteiger partial charge in [-0.2, -0.15) is 0 Å². The highest BCUT2D eigenvalue weighted by Crippen LogP contribution is 2.34. The van der Waals surface area contributed by atoms with Crippen LogP contribution in [0.5, 0.6) is 5.75 Å². The Morgan fingerprint density at radius 3 is 2.60 bits per heavy atom. The zero-order chi connectivity index (χ0) is 18.0. The Morgan fingerprint density at radius 1 is 1.24 bits per heavy atom. The molecule has 0 bridgehead atoms. The predicted molar refractivity (Wildman–Crippen MR) is 101 cm³/mol. The number of rotatable bonds is 4. The lowest BCUT2D eigenvalue weighted by molar-refractivity contribution is 0.00679. The van der Waals surface area contributed by atoms with Gasteiger partial charge in [0.2, 0.25) is 0 Å². The molecule has 0 atom stereocenters. The summed E-state index contributed by atoms with van der Waals surface area (Å²) in [4.78, 5) is 15.2. The third kappa shape index (κ3) is 4.22. The fourth-order valence-electron chi connectivity index (χ4n) is 3.01. The lowest BCUT2D eigenvalue weighted by Crippen LogP contribution is -2.27. The average molecular weight is 359 g/mol. The SMILES string of the molecule is COc1ccc(Cc2sc3c(c2C(=O)OC(C)(C)C)CCNC3)cc1. The molecule has 0 saturated carbocycles. The van der Waals surface area contributed by atoms with Crippen LogP contribution in [0.1, 0.15) is 52.0 Å². The highest BCUT2D eigenvalue weighted by atomic mass is 32.1. The Balaban J connectivity index is 1.94. The zero-order valence-electron chi connectivity index (χ0n) is 15.3. The number of hydrogen-bond acceptors (Lipinski definition) is 5. The summed E-state index contributed by atoms with van der Waals surface area (Å²) >= 11 is 1.73. The van der Waals surface area contributed by atoms with Crippen LogP contribution in [0.3, 0.4) is 0 Å². The summed E-state index contributed by atoms with van der Waals surface area (Å²) in [5.41, 5.74) is 2.63. The van der Waals surface area contributed by atoms with E-state index in [1.807, 2.05) is 32.9 Å². The molecule has 0 spiro atoms. The summed E-state index contributed by atoms with van der Waals surface area (Å²) in [6.07, 6.45) is 1.61. The van der Waals surface area contributed by atoms with Gasteiger partial charge in [-0.3, -0.25) is 0 Å². The summed E-state index contributed by atoms with van der Waals surface area (Å²) in [5.74, 6) is 0.640. The molecule has 5 heteroatoms. The Morgan fingerprint density at radius 2 is 1.96 bits per heavy atom. The predicted octanol–water partition coefficient (Wildman–Crippen LogP) is 3.95. The third-order valence-corrected chi connectivity index (χ3v) is 5.36. The average Bonchev–Trinajstić information content (AvgIpc) is 2.92. The van der Waals surface area contributed by atoms with Crippen molar-refractivity contribution in [1.82, 2.24) is 5.32 Å². The first-order valence-corrected chi connectivity index (χ1v) is 9.39. The van der Waals surface area contributed by atoms with Crippen molar-refractivity contribution in [2.75, 3.05) is 13.7 Å². The van der Waals surface area contributed by atoms with Crippen molar-refractivity contribution in [2.45, 2.75) is 45.8 Å². The van der Waals surface area contributed by atoms with Gasteiger partial charge in [0.1, 0.15) is 11.4 Å². The lowest BCUT2D eigenvalue weighted by Gasteiger charge is -2.21. The van der Waals surface area contributed by atoms with Gasteiger partial charge in [0, 0.05) is 22.7 Å². The number of hydrogen-bond donors (Lipinski definition) is 1. The van der Waals surface area contributed by atoms with Crippen molar-refractivity contribution >= 4 is 17.3 Å². The third-order valence-electron chi connectivity index (χ3n) is 4.13. The minimum atomic E-state index is -0.490. The molecule has 1 aliphatic heterocycles. The smallest absolute Gasteiger partial charge is 0.340 e. The molecule has 2 heterocycles. The summed E-state index contributed by atoms with van der Waals surface area (Å²) < 4.78 is 10.9. The number of ether oxygens (including phenoxy) is 2. The van der Waals surface area contributed by atoms with Crippen LogP contribution in [0.25, 0.3) is 0 Å². The Labute approximate surface area is 153 Å². The molecule has 0 unspecified atom stereocenters. The number of esters is 1. The van der Waals surface area contributed by atoms with Gasteiger partial charge in [0.25, 0.3) is 0 Å². The first kappa shape index (κ1) is 18.0.